The molecular formula is C66H54N6O15P4S4. The summed E-state index contributed by atoms with van der Waals surface area (Å²) in [5, 5.41) is 13.8. The van der Waals surface area contributed by atoms with Gasteiger partial charge in [-0.05, 0) is 235 Å². The highest BCUT2D eigenvalue weighted by Gasteiger charge is 2.32. The lowest BCUT2D eigenvalue weighted by atomic mass is 10.2. The molecule has 0 unspecified atom stereocenters. The van der Waals surface area contributed by atoms with Gasteiger partial charge >= 0.3 is 26.6 Å². The maximum Gasteiger partial charge on any atom is 0.490 e. The van der Waals surface area contributed by atoms with Gasteiger partial charge in [0.05, 0.1) is 18.6 Å². The summed E-state index contributed by atoms with van der Waals surface area (Å²) in [7, 11) is 4.80. The number of aldehydes is 6. The van der Waals surface area contributed by atoms with Gasteiger partial charge in [0.2, 0.25) is 0 Å². The molecule has 9 aromatic rings. The van der Waals surface area contributed by atoms with Gasteiger partial charge in [-0.15, -0.1) is 0 Å². The number of carbonyl (C=O) groups is 6. The van der Waals surface area contributed by atoms with Gasteiger partial charge in [-0.25, -0.2) is 14.3 Å². The van der Waals surface area contributed by atoms with Crippen molar-refractivity contribution in [3.63, 3.8) is 0 Å². The first kappa shape index (κ1) is 69.5. The molecule has 0 aliphatic heterocycles. The zero-order chi connectivity index (χ0) is 67.4. The fraction of sp³-hybridized carbons (Fsp3) is 0.0455. The zero-order valence-corrected chi connectivity index (χ0v) is 57.1. The minimum Gasteiger partial charge on any atom is -0.420 e. The first-order valence-electron chi connectivity index (χ1n) is 27.9. The van der Waals surface area contributed by atoms with Crippen LogP contribution in [0.25, 0.3) is 0 Å². The Kier molecular flexibility index (Phi) is 23.7. The van der Waals surface area contributed by atoms with Crippen LogP contribution in [0.3, 0.4) is 0 Å². The monoisotopic (exact) mass is 1420 g/mol. The Labute approximate surface area is 567 Å². The Morgan fingerprint density at radius 1 is 0.242 bits per heavy atom. The third-order valence-corrected chi connectivity index (χ3v) is 23.4. The van der Waals surface area contributed by atoms with E-state index in [0.717, 1.165) is 0 Å². The van der Waals surface area contributed by atoms with E-state index in [1.807, 2.05) is 0 Å². The summed E-state index contributed by atoms with van der Waals surface area (Å²) in [5.74, 6) is 2.81. The summed E-state index contributed by atoms with van der Waals surface area (Å²) in [6, 6.07) is 58.3. The third-order valence-electron chi connectivity index (χ3n) is 12.9. The van der Waals surface area contributed by atoms with E-state index in [2.05, 4.69) is 15.3 Å². The molecule has 95 heavy (non-hydrogen) atoms. The van der Waals surface area contributed by atoms with Crippen molar-refractivity contribution in [1.29, 1.82) is 0 Å². The van der Waals surface area contributed by atoms with Crippen LogP contribution >= 0.6 is 26.6 Å². The maximum atomic E-state index is 11.4. The van der Waals surface area contributed by atoms with Crippen molar-refractivity contribution in [2.75, 3.05) is 21.1 Å². The van der Waals surface area contributed by atoms with Crippen LogP contribution < -0.4 is 40.7 Å². The molecule has 9 rings (SSSR count). The SMILES string of the molecule is CN(/N=C/c1ccc(OP(=S)(Oc2ccc(/C=N/N(C)P(=S)(Oc3ccc(C=O)cc3)Oc3ccc(C=O)cc3)cc2)Oc2ccc(/C=N/N(C)P(=S)(Oc3ccc(C=O)cc3)Oc3ccc(C=O)cc3)cc2)cc1)P(=S)(Oc1ccc(C=O)cc1)Oc1ccc(C=O)cc1. The van der Waals surface area contributed by atoms with Crippen LogP contribution in [-0.2, 0) is 47.2 Å². The molecule has 0 spiro atoms. The van der Waals surface area contributed by atoms with E-state index in [-0.39, 0.29) is 17.2 Å². The fourth-order valence-electron chi connectivity index (χ4n) is 7.78. The minimum atomic E-state index is -3.86. The molecule has 9 aromatic carbocycles. The lowest BCUT2D eigenvalue weighted by molar-refractivity contribution is 0.111. The van der Waals surface area contributed by atoms with Crippen molar-refractivity contribution in [2.24, 2.45) is 15.3 Å². The molecule has 0 saturated carbocycles. The summed E-state index contributed by atoms with van der Waals surface area (Å²) in [4.78, 5) is 68.3. The Hall–Kier alpha value is -9.79. The van der Waals surface area contributed by atoms with Crippen LogP contribution in [0.1, 0.15) is 78.8 Å². The first-order chi connectivity index (χ1) is 45.8. The van der Waals surface area contributed by atoms with E-state index in [1.54, 1.807) is 240 Å². The smallest absolute Gasteiger partial charge is 0.420 e. The molecule has 29 heteroatoms. The van der Waals surface area contributed by atoms with Crippen LogP contribution in [0.2, 0.25) is 0 Å². The first-order valence-corrected chi connectivity index (χ1v) is 38.3. The van der Waals surface area contributed by atoms with Gasteiger partial charge < -0.3 is 40.7 Å². The molecule has 0 radical (unpaired) electrons. The molecule has 0 aromatic heterocycles. The largest absolute Gasteiger partial charge is 0.490 e. The second-order valence-electron chi connectivity index (χ2n) is 19.7. The van der Waals surface area contributed by atoms with Gasteiger partial charge in [0.15, 0.2) is 0 Å². The average molecular weight is 1420 g/mol. The highest BCUT2D eigenvalue weighted by Crippen LogP contribution is 2.55. The zero-order valence-electron chi connectivity index (χ0n) is 50.2. The lowest BCUT2D eigenvalue weighted by Gasteiger charge is -2.29. The Bertz CT molecular complexity index is 3840. The standard InChI is InChI=1S/C66H54N6O15P4S4/c1-70(88(92,79-58-28-10-52(43-73)11-29-58)80-59-30-12-53(44-74)13-31-59)67-40-49-4-22-64(23-5-49)85-91(95,86-65-24-6-50(7-25-65)41-68-71(2)89(93,81-60-32-14-54(45-75)15-33-60)82-61-34-16-55(46-76)17-35-61)87-66-26-8-51(9-27-66)42-69-72(3)90(94,83-62-36-18-56(47-77)19-37-62)84-63-38-20-57(48-78)21-39-63/h4-48H,1-3H3/b67-40+,68-41+,69-42+. The number of hydrazone groups is 3. The van der Waals surface area contributed by atoms with Crippen molar-refractivity contribution in [1.82, 2.24) is 14.3 Å². The van der Waals surface area contributed by atoms with E-state index < -0.39 is 26.6 Å². The molecule has 0 heterocycles. The maximum absolute atomic E-state index is 11.4. The quantitative estimate of drug-likeness (QED) is 0.0161. The summed E-state index contributed by atoms with van der Waals surface area (Å²) >= 11 is 24.2. The third kappa shape index (κ3) is 19.6. The lowest BCUT2D eigenvalue weighted by Crippen LogP contribution is -2.17. The predicted octanol–water partition coefficient (Wildman–Crippen LogP) is 15.3. The van der Waals surface area contributed by atoms with E-state index in [0.29, 0.717) is 122 Å². The Balaban J connectivity index is 0.955. The molecule has 0 saturated heterocycles. The Morgan fingerprint density at radius 2 is 0.379 bits per heavy atom. The molecule has 0 fully saturated rings. The highest BCUT2D eigenvalue weighted by atomic mass is 32.5. The number of hydrogen-bond acceptors (Lipinski definition) is 22. The fourth-order valence-corrected chi connectivity index (χ4v) is 15.4. The van der Waals surface area contributed by atoms with Gasteiger partial charge in [0, 0.05) is 102 Å². The number of rotatable bonds is 33. The van der Waals surface area contributed by atoms with E-state index in [9.17, 15) is 28.8 Å². The second kappa shape index (κ2) is 32.4. The summed E-state index contributed by atoms with van der Waals surface area (Å²) in [5.41, 5.74) is 4.41. The molecule has 482 valence electrons. The van der Waals surface area contributed by atoms with Crippen LogP contribution in [0.5, 0.6) is 51.7 Å². The van der Waals surface area contributed by atoms with Gasteiger partial charge in [0.25, 0.3) is 0 Å². The van der Waals surface area contributed by atoms with Gasteiger partial charge in [-0.3, -0.25) is 28.8 Å². The van der Waals surface area contributed by atoms with Crippen molar-refractivity contribution in [3.8, 4) is 51.7 Å². The van der Waals surface area contributed by atoms with Crippen LogP contribution in [0, 0.1) is 0 Å². The van der Waals surface area contributed by atoms with E-state index in [1.165, 1.54) is 33.0 Å². The number of hydrogen-bond donors (Lipinski definition) is 0. The molecule has 0 atom stereocenters. The summed E-state index contributed by atoms with van der Waals surface area (Å²) < 4.78 is 61.2. The number of benzene rings is 9. The topological polar surface area (TPSA) is 232 Å². The molecule has 21 nitrogen and oxygen atoms in total. The summed E-state index contributed by atoms with van der Waals surface area (Å²) in [6.45, 7) is -14.3. The average Bonchev–Trinajstić information content (AvgIpc) is 0.945. The molecular weight excluding hydrogens is 1370 g/mol. The Morgan fingerprint density at radius 3 is 0.526 bits per heavy atom. The van der Waals surface area contributed by atoms with E-state index in [4.69, 9.17) is 87.9 Å². The van der Waals surface area contributed by atoms with Gasteiger partial charge in [-0.1, -0.05) is 0 Å². The summed E-state index contributed by atoms with van der Waals surface area (Å²) in [6.07, 6.45) is 8.86. The second-order valence-corrected chi connectivity index (χ2v) is 32.3. The van der Waals surface area contributed by atoms with E-state index >= 15 is 0 Å². The van der Waals surface area contributed by atoms with Crippen molar-refractivity contribution < 1.29 is 69.5 Å². The van der Waals surface area contributed by atoms with Gasteiger partial charge in [-0.2, -0.15) is 15.3 Å². The van der Waals surface area contributed by atoms with Crippen molar-refractivity contribution in [2.45, 2.75) is 0 Å². The predicted molar refractivity (Wildman–Crippen MR) is 379 cm³/mol. The van der Waals surface area contributed by atoms with Crippen molar-refractivity contribution in [3.05, 3.63) is 268 Å². The van der Waals surface area contributed by atoms with Crippen LogP contribution in [0.15, 0.2) is 234 Å². The molecule has 0 bridgehead atoms. The van der Waals surface area contributed by atoms with Gasteiger partial charge in [0.1, 0.15) is 89.5 Å². The van der Waals surface area contributed by atoms with Crippen LogP contribution in [0.4, 0.5) is 0 Å². The number of carbonyl (C=O) groups excluding carboxylic acids is 6. The molecule has 0 aliphatic carbocycles. The molecule has 0 aliphatic rings. The highest BCUT2D eigenvalue weighted by molar-refractivity contribution is 8.10. The van der Waals surface area contributed by atoms with Crippen LogP contribution in [-0.4, -0.2) is 91.8 Å². The van der Waals surface area contributed by atoms with Crippen molar-refractivity contribution >= 4 is 130 Å². The molecule has 0 amide bonds. The molecule has 0 N–H and O–H groups in total. The minimum absolute atomic E-state index is 0.269. The number of nitrogens with zero attached hydrogens (tertiary/aromatic N) is 6. The normalized spacial score (nSPS) is 11.6.